The molecule has 2 aromatic carbocycles. The van der Waals surface area contributed by atoms with Gasteiger partial charge >= 0.3 is 0 Å². The van der Waals surface area contributed by atoms with Gasteiger partial charge < -0.3 is 18.9 Å². The minimum absolute atomic E-state index is 0.520. The smallest absolute Gasteiger partial charge is 0.235 e. The van der Waals surface area contributed by atoms with Gasteiger partial charge in [-0.3, -0.25) is 0 Å². The summed E-state index contributed by atoms with van der Waals surface area (Å²) in [7, 11) is 4.72. The van der Waals surface area contributed by atoms with Gasteiger partial charge in [-0.2, -0.15) is 9.61 Å². The third-order valence-corrected chi connectivity index (χ3v) is 5.25. The highest BCUT2D eigenvalue weighted by Gasteiger charge is 2.19. The highest BCUT2D eigenvalue weighted by atomic mass is 32.1. The summed E-state index contributed by atoms with van der Waals surface area (Å²) in [5, 5.41) is 14.1. The molecule has 0 unspecified atom stereocenters. The first kappa shape index (κ1) is 19.0. The van der Waals surface area contributed by atoms with Crippen LogP contribution < -0.4 is 18.9 Å². The summed E-state index contributed by atoms with van der Waals surface area (Å²) in [5.74, 6) is 2.99. The molecule has 0 aliphatic carbocycles. The first-order valence-electron chi connectivity index (χ1n) is 8.94. The molecule has 0 spiro atoms. The molecule has 2 heterocycles. The average molecular weight is 412 g/mol. The van der Waals surface area contributed by atoms with E-state index in [1.807, 2.05) is 43.3 Å². The van der Waals surface area contributed by atoms with E-state index in [2.05, 4.69) is 10.2 Å². The number of ether oxygens (including phenoxy) is 4. The summed E-state index contributed by atoms with van der Waals surface area (Å²) in [6.45, 7) is 2.57. The van der Waals surface area contributed by atoms with Crippen LogP contribution in [0.4, 0.5) is 0 Å². The lowest BCUT2D eigenvalue weighted by atomic mass is 10.1. The van der Waals surface area contributed by atoms with E-state index in [0.717, 1.165) is 21.9 Å². The van der Waals surface area contributed by atoms with Crippen molar-refractivity contribution in [2.45, 2.75) is 6.92 Å². The average Bonchev–Trinajstić information content (AvgIpc) is 3.34. The largest absolute Gasteiger partial charge is 0.494 e. The van der Waals surface area contributed by atoms with E-state index in [1.54, 1.807) is 25.8 Å². The maximum Gasteiger partial charge on any atom is 0.235 e. The van der Waals surface area contributed by atoms with Crippen LogP contribution in [0.25, 0.3) is 26.9 Å². The van der Waals surface area contributed by atoms with Gasteiger partial charge in [0.05, 0.1) is 27.9 Å². The normalized spacial score (nSPS) is 10.9. The second-order valence-corrected chi connectivity index (χ2v) is 6.96. The Morgan fingerprint density at radius 2 is 1.69 bits per heavy atom. The summed E-state index contributed by atoms with van der Waals surface area (Å²) in [4.78, 5) is 0.686. The lowest BCUT2D eigenvalue weighted by Gasteiger charge is -2.13. The molecule has 0 radical (unpaired) electrons. The van der Waals surface area contributed by atoms with Crippen molar-refractivity contribution in [3.05, 3.63) is 36.4 Å². The first-order chi connectivity index (χ1) is 14.2. The Morgan fingerprint density at radius 3 is 2.34 bits per heavy atom. The summed E-state index contributed by atoms with van der Waals surface area (Å²) < 4.78 is 23.6. The van der Waals surface area contributed by atoms with E-state index in [1.165, 1.54) is 11.3 Å². The predicted octanol–water partition coefficient (Wildman–Crippen LogP) is 3.94. The van der Waals surface area contributed by atoms with Crippen LogP contribution in [0.5, 0.6) is 23.0 Å². The Bertz CT molecular complexity index is 1130. The second-order valence-electron chi connectivity index (χ2n) is 6.00. The van der Waals surface area contributed by atoms with Crippen molar-refractivity contribution in [1.29, 1.82) is 0 Å². The molecule has 0 aliphatic heterocycles. The van der Waals surface area contributed by atoms with Crippen LogP contribution in [0.1, 0.15) is 6.92 Å². The molecule has 2 aromatic heterocycles. The quantitative estimate of drug-likeness (QED) is 0.455. The SMILES string of the molecule is CCOc1cccc(-c2nn3c(-c4cc(OC)c(OC)c(OC)c4)nnc3s2)c1. The van der Waals surface area contributed by atoms with E-state index in [4.69, 9.17) is 24.0 Å². The highest BCUT2D eigenvalue weighted by Crippen LogP contribution is 2.41. The Hall–Kier alpha value is -3.33. The summed E-state index contributed by atoms with van der Waals surface area (Å²) in [6.07, 6.45) is 0. The monoisotopic (exact) mass is 412 g/mol. The van der Waals surface area contributed by atoms with Crippen LogP contribution in [0.3, 0.4) is 0 Å². The van der Waals surface area contributed by atoms with Crippen molar-refractivity contribution in [3.63, 3.8) is 0 Å². The van der Waals surface area contributed by atoms with Crippen molar-refractivity contribution in [2.75, 3.05) is 27.9 Å². The number of methoxy groups -OCH3 is 3. The zero-order chi connectivity index (χ0) is 20.4. The molecule has 0 atom stereocenters. The fraction of sp³-hybridized carbons (Fsp3) is 0.250. The molecule has 0 saturated carbocycles. The number of hydrogen-bond acceptors (Lipinski definition) is 8. The highest BCUT2D eigenvalue weighted by molar-refractivity contribution is 7.19. The predicted molar refractivity (Wildman–Crippen MR) is 110 cm³/mol. The van der Waals surface area contributed by atoms with Crippen LogP contribution in [-0.2, 0) is 0 Å². The Balaban J connectivity index is 1.80. The number of rotatable bonds is 7. The fourth-order valence-electron chi connectivity index (χ4n) is 3.01. The molecule has 4 rings (SSSR count). The van der Waals surface area contributed by atoms with Crippen molar-refractivity contribution >= 4 is 16.3 Å². The van der Waals surface area contributed by atoms with Crippen molar-refractivity contribution in [2.24, 2.45) is 0 Å². The maximum atomic E-state index is 5.59. The Morgan fingerprint density at radius 1 is 0.931 bits per heavy atom. The molecular formula is C20H20N4O4S. The molecule has 4 aromatic rings. The number of aromatic nitrogens is 4. The van der Waals surface area contributed by atoms with Gasteiger partial charge in [-0.05, 0) is 31.2 Å². The molecule has 29 heavy (non-hydrogen) atoms. The molecular weight excluding hydrogens is 392 g/mol. The lowest BCUT2D eigenvalue weighted by molar-refractivity contribution is 0.324. The van der Waals surface area contributed by atoms with Crippen LogP contribution >= 0.6 is 11.3 Å². The maximum absolute atomic E-state index is 5.59. The van der Waals surface area contributed by atoms with Gasteiger partial charge in [-0.25, -0.2) is 0 Å². The van der Waals surface area contributed by atoms with Crippen LogP contribution in [0.2, 0.25) is 0 Å². The molecule has 0 aliphatic rings. The summed E-state index contributed by atoms with van der Waals surface area (Å²) in [5.41, 5.74) is 1.72. The van der Waals surface area contributed by atoms with Gasteiger partial charge in [0.2, 0.25) is 10.7 Å². The van der Waals surface area contributed by atoms with E-state index in [-0.39, 0.29) is 0 Å². The third-order valence-electron chi connectivity index (χ3n) is 4.31. The number of nitrogens with zero attached hydrogens (tertiary/aromatic N) is 4. The van der Waals surface area contributed by atoms with E-state index in [9.17, 15) is 0 Å². The van der Waals surface area contributed by atoms with Gasteiger partial charge in [-0.15, -0.1) is 10.2 Å². The Kier molecular flexibility index (Phi) is 5.22. The minimum atomic E-state index is 0.520. The zero-order valence-corrected chi connectivity index (χ0v) is 17.3. The van der Waals surface area contributed by atoms with E-state index >= 15 is 0 Å². The summed E-state index contributed by atoms with van der Waals surface area (Å²) >= 11 is 1.46. The minimum Gasteiger partial charge on any atom is -0.494 e. The lowest BCUT2D eigenvalue weighted by Crippen LogP contribution is -1.97. The van der Waals surface area contributed by atoms with Gasteiger partial charge in [-0.1, -0.05) is 23.5 Å². The molecule has 0 N–H and O–H groups in total. The zero-order valence-electron chi connectivity index (χ0n) is 16.5. The fourth-order valence-corrected chi connectivity index (χ4v) is 3.85. The molecule has 8 nitrogen and oxygen atoms in total. The number of fused-ring (bicyclic) bond motifs is 1. The molecule has 9 heteroatoms. The molecule has 0 amide bonds. The van der Waals surface area contributed by atoms with E-state index in [0.29, 0.717) is 34.6 Å². The topological polar surface area (TPSA) is 80.0 Å². The van der Waals surface area contributed by atoms with Gasteiger partial charge in [0.15, 0.2) is 17.3 Å². The van der Waals surface area contributed by atoms with E-state index < -0.39 is 0 Å². The van der Waals surface area contributed by atoms with Crippen LogP contribution in [-0.4, -0.2) is 47.7 Å². The van der Waals surface area contributed by atoms with Gasteiger partial charge in [0.1, 0.15) is 10.8 Å². The molecule has 0 saturated heterocycles. The third kappa shape index (κ3) is 3.44. The van der Waals surface area contributed by atoms with Crippen molar-refractivity contribution < 1.29 is 18.9 Å². The van der Waals surface area contributed by atoms with Gasteiger partial charge in [0, 0.05) is 11.1 Å². The van der Waals surface area contributed by atoms with Crippen LogP contribution in [0.15, 0.2) is 36.4 Å². The van der Waals surface area contributed by atoms with Crippen molar-refractivity contribution in [3.8, 4) is 45.0 Å². The number of hydrogen-bond donors (Lipinski definition) is 0. The summed E-state index contributed by atoms with van der Waals surface area (Å²) in [6, 6.07) is 11.5. The van der Waals surface area contributed by atoms with Gasteiger partial charge in [0.25, 0.3) is 0 Å². The standard InChI is InChI=1S/C20H20N4O4S/c1-5-28-14-8-6-7-12(9-14)19-23-24-18(21-22-20(24)29-19)13-10-15(25-2)17(27-4)16(11-13)26-3/h6-11H,5H2,1-4H3. The first-order valence-corrected chi connectivity index (χ1v) is 9.76. The van der Waals surface area contributed by atoms with Crippen molar-refractivity contribution in [1.82, 2.24) is 19.8 Å². The Labute approximate surface area is 171 Å². The number of benzene rings is 2. The second kappa shape index (κ2) is 7.96. The molecule has 0 bridgehead atoms. The molecule has 150 valence electrons. The molecule has 0 fully saturated rings. The van der Waals surface area contributed by atoms with Crippen LogP contribution in [0, 0.1) is 0 Å².